The predicted molar refractivity (Wildman–Crippen MR) is 122 cm³/mol. The van der Waals surface area contributed by atoms with Crippen LogP contribution in [-0.4, -0.2) is 36.9 Å². The minimum absolute atomic E-state index is 0. The van der Waals surface area contributed by atoms with Crippen LogP contribution in [0.3, 0.4) is 0 Å². The summed E-state index contributed by atoms with van der Waals surface area (Å²) in [6.07, 6.45) is 0.381. The maximum atomic E-state index is 13.4. The van der Waals surface area contributed by atoms with Crippen molar-refractivity contribution in [3.63, 3.8) is 0 Å². The molecule has 2 rings (SSSR count). The van der Waals surface area contributed by atoms with Crippen LogP contribution in [0.25, 0.3) is 0 Å². The molecule has 0 spiro atoms. The average Bonchev–Trinajstić information content (AvgIpc) is 2.65. The first kappa shape index (κ1) is 24.8. The molecular formula is C21H27F2IN4O. The third-order valence-corrected chi connectivity index (χ3v) is 4.26. The summed E-state index contributed by atoms with van der Waals surface area (Å²) in [6.45, 7) is 3.24. The van der Waals surface area contributed by atoms with Gasteiger partial charge in [-0.25, -0.2) is 8.78 Å². The second-order valence-electron chi connectivity index (χ2n) is 6.61. The first-order valence-electron chi connectivity index (χ1n) is 9.16. The SMILES string of the molecule is CCNC(=NCC(Cc1ccc(F)cc1)C(N)=O)N(C)Cc1cccc(F)c1.I. The Balaban J connectivity index is 0.00000420. The van der Waals surface area contributed by atoms with E-state index in [2.05, 4.69) is 10.3 Å². The zero-order valence-electron chi connectivity index (χ0n) is 16.6. The van der Waals surface area contributed by atoms with E-state index in [-0.39, 0.29) is 42.2 Å². The summed E-state index contributed by atoms with van der Waals surface area (Å²) in [4.78, 5) is 18.2. The first-order valence-corrected chi connectivity index (χ1v) is 9.16. The van der Waals surface area contributed by atoms with Crippen LogP contribution >= 0.6 is 24.0 Å². The molecular weight excluding hydrogens is 489 g/mol. The second-order valence-corrected chi connectivity index (χ2v) is 6.61. The summed E-state index contributed by atoms with van der Waals surface area (Å²) in [5, 5.41) is 3.16. The Morgan fingerprint density at radius 1 is 1.14 bits per heavy atom. The van der Waals surface area contributed by atoms with Gasteiger partial charge >= 0.3 is 0 Å². The lowest BCUT2D eigenvalue weighted by Gasteiger charge is -2.23. The Morgan fingerprint density at radius 3 is 2.41 bits per heavy atom. The van der Waals surface area contributed by atoms with Crippen molar-refractivity contribution in [2.75, 3.05) is 20.1 Å². The van der Waals surface area contributed by atoms with Crippen molar-refractivity contribution in [3.05, 3.63) is 71.3 Å². The number of rotatable bonds is 8. The molecule has 1 amide bonds. The van der Waals surface area contributed by atoms with Gasteiger partial charge in [-0.15, -0.1) is 24.0 Å². The number of nitrogens with one attached hydrogen (secondary N) is 1. The molecule has 8 heteroatoms. The number of primary amides is 1. The normalized spacial score (nSPS) is 12.1. The number of nitrogens with zero attached hydrogens (tertiary/aromatic N) is 2. The van der Waals surface area contributed by atoms with E-state index in [0.29, 0.717) is 25.5 Å². The molecule has 29 heavy (non-hydrogen) atoms. The van der Waals surface area contributed by atoms with Gasteiger partial charge in [0.05, 0.1) is 12.5 Å². The molecule has 0 aliphatic heterocycles. The highest BCUT2D eigenvalue weighted by Crippen LogP contribution is 2.11. The standard InChI is InChI=1S/C21H26F2N4O.HI/c1-3-25-21(27(2)14-16-5-4-6-19(23)12-16)26-13-17(20(24)28)11-15-7-9-18(22)10-8-15;/h4-10,12,17H,3,11,13-14H2,1-2H3,(H2,24,28)(H,25,26);1H. The van der Waals surface area contributed by atoms with Crippen molar-refractivity contribution >= 4 is 35.8 Å². The Bertz CT molecular complexity index is 815. The van der Waals surface area contributed by atoms with Gasteiger partial charge in [-0.05, 0) is 48.7 Å². The highest BCUT2D eigenvalue weighted by atomic mass is 127. The Labute approximate surface area is 187 Å². The number of halogens is 3. The van der Waals surface area contributed by atoms with Crippen molar-refractivity contribution in [2.45, 2.75) is 19.9 Å². The van der Waals surface area contributed by atoms with Crippen LogP contribution in [0.4, 0.5) is 8.78 Å². The molecule has 2 aromatic carbocycles. The number of benzene rings is 2. The Hall–Kier alpha value is -2.23. The molecule has 0 aliphatic rings. The van der Waals surface area contributed by atoms with Crippen molar-refractivity contribution in [1.29, 1.82) is 0 Å². The molecule has 158 valence electrons. The molecule has 0 radical (unpaired) electrons. The third-order valence-electron chi connectivity index (χ3n) is 4.26. The summed E-state index contributed by atoms with van der Waals surface area (Å²) in [5.41, 5.74) is 7.16. The van der Waals surface area contributed by atoms with Crippen LogP contribution in [-0.2, 0) is 17.8 Å². The van der Waals surface area contributed by atoms with Crippen molar-refractivity contribution in [2.24, 2.45) is 16.6 Å². The Morgan fingerprint density at radius 2 is 1.83 bits per heavy atom. The van der Waals surface area contributed by atoms with E-state index < -0.39 is 11.8 Å². The first-order chi connectivity index (χ1) is 13.4. The van der Waals surface area contributed by atoms with Crippen molar-refractivity contribution in [3.8, 4) is 0 Å². The van der Waals surface area contributed by atoms with Gasteiger partial charge in [0.1, 0.15) is 11.6 Å². The molecule has 5 nitrogen and oxygen atoms in total. The molecule has 1 atom stereocenters. The second kappa shape index (κ2) is 12.4. The predicted octanol–water partition coefficient (Wildman–Crippen LogP) is 3.32. The molecule has 2 aromatic rings. The zero-order valence-corrected chi connectivity index (χ0v) is 18.9. The van der Waals surface area contributed by atoms with E-state index in [1.165, 1.54) is 24.3 Å². The van der Waals surface area contributed by atoms with E-state index in [0.717, 1.165) is 11.1 Å². The summed E-state index contributed by atoms with van der Waals surface area (Å²) in [5.74, 6) is -0.998. The quantitative estimate of drug-likeness (QED) is 0.322. The number of hydrogen-bond acceptors (Lipinski definition) is 2. The van der Waals surface area contributed by atoms with Crippen LogP contribution < -0.4 is 11.1 Å². The van der Waals surface area contributed by atoms with Crippen LogP contribution in [0.2, 0.25) is 0 Å². The largest absolute Gasteiger partial charge is 0.369 e. The molecule has 0 heterocycles. The van der Waals surface area contributed by atoms with Gasteiger partial charge in [0.15, 0.2) is 5.96 Å². The fourth-order valence-corrected chi connectivity index (χ4v) is 2.81. The lowest BCUT2D eigenvalue weighted by molar-refractivity contribution is -0.121. The molecule has 1 unspecified atom stereocenters. The molecule has 0 aromatic heterocycles. The van der Waals surface area contributed by atoms with E-state index in [4.69, 9.17) is 5.73 Å². The van der Waals surface area contributed by atoms with Gasteiger partial charge < -0.3 is 16.0 Å². The fourth-order valence-electron chi connectivity index (χ4n) is 2.81. The summed E-state index contributed by atoms with van der Waals surface area (Å²) >= 11 is 0. The summed E-state index contributed by atoms with van der Waals surface area (Å²) in [7, 11) is 1.84. The van der Waals surface area contributed by atoms with E-state index in [1.54, 1.807) is 18.2 Å². The molecule has 0 saturated carbocycles. The topological polar surface area (TPSA) is 70.7 Å². The molecule has 0 fully saturated rings. The van der Waals surface area contributed by atoms with Crippen LogP contribution in [0.1, 0.15) is 18.1 Å². The van der Waals surface area contributed by atoms with E-state index >= 15 is 0 Å². The van der Waals surface area contributed by atoms with Crippen LogP contribution in [0.15, 0.2) is 53.5 Å². The summed E-state index contributed by atoms with van der Waals surface area (Å²) in [6, 6.07) is 12.3. The molecule has 0 aliphatic carbocycles. The molecule has 0 bridgehead atoms. The smallest absolute Gasteiger partial charge is 0.222 e. The van der Waals surface area contributed by atoms with Gasteiger partial charge in [0.2, 0.25) is 5.91 Å². The number of aliphatic imine (C=N–C) groups is 1. The van der Waals surface area contributed by atoms with Crippen molar-refractivity contribution < 1.29 is 13.6 Å². The fraction of sp³-hybridized carbons (Fsp3) is 0.333. The van der Waals surface area contributed by atoms with Gasteiger partial charge in [-0.3, -0.25) is 9.79 Å². The molecule has 3 N–H and O–H groups in total. The number of amides is 1. The number of carbonyl (C=O) groups excluding carboxylic acids is 1. The van der Waals surface area contributed by atoms with Crippen LogP contribution in [0.5, 0.6) is 0 Å². The highest BCUT2D eigenvalue weighted by Gasteiger charge is 2.17. The van der Waals surface area contributed by atoms with Gasteiger partial charge in [0, 0.05) is 20.1 Å². The summed E-state index contributed by atoms with van der Waals surface area (Å²) < 4.78 is 26.5. The maximum Gasteiger partial charge on any atom is 0.222 e. The van der Waals surface area contributed by atoms with Gasteiger partial charge in [-0.1, -0.05) is 24.3 Å². The average molecular weight is 516 g/mol. The lowest BCUT2D eigenvalue weighted by Crippen LogP contribution is -2.39. The van der Waals surface area contributed by atoms with Gasteiger partial charge in [-0.2, -0.15) is 0 Å². The monoisotopic (exact) mass is 516 g/mol. The minimum Gasteiger partial charge on any atom is -0.369 e. The van der Waals surface area contributed by atoms with Crippen molar-refractivity contribution in [1.82, 2.24) is 10.2 Å². The number of hydrogen-bond donors (Lipinski definition) is 2. The number of nitrogens with two attached hydrogens (primary N) is 1. The van der Waals surface area contributed by atoms with E-state index in [1.807, 2.05) is 24.9 Å². The maximum absolute atomic E-state index is 13.4. The van der Waals surface area contributed by atoms with E-state index in [9.17, 15) is 13.6 Å². The zero-order chi connectivity index (χ0) is 20.5. The van der Waals surface area contributed by atoms with Crippen LogP contribution in [0, 0.1) is 17.6 Å². The minimum atomic E-state index is -0.512. The molecule has 0 saturated heterocycles. The number of carbonyl (C=O) groups is 1. The third kappa shape index (κ3) is 8.35. The number of guanidine groups is 1. The Kier molecular flexibility index (Phi) is 10.6. The van der Waals surface area contributed by atoms with Gasteiger partial charge in [0.25, 0.3) is 0 Å². The highest BCUT2D eigenvalue weighted by molar-refractivity contribution is 14.0. The lowest BCUT2D eigenvalue weighted by atomic mass is 9.99.